The predicted molar refractivity (Wildman–Crippen MR) is 106 cm³/mol. The molecule has 0 saturated heterocycles. The van der Waals surface area contributed by atoms with Crippen molar-refractivity contribution in [1.82, 2.24) is 0 Å². The van der Waals surface area contributed by atoms with Gasteiger partial charge in [-0.1, -0.05) is 16.8 Å². The molecule has 1 aliphatic rings. The maximum absolute atomic E-state index is 13.0. The summed E-state index contributed by atoms with van der Waals surface area (Å²) in [7, 11) is 0. The summed E-state index contributed by atoms with van der Waals surface area (Å²) in [6.45, 7) is 2.76. The molecule has 1 aromatic heterocycles. The van der Waals surface area contributed by atoms with E-state index in [-0.39, 0.29) is 18.9 Å². The van der Waals surface area contributed by atoms with Crippen LogP contribution in [0.5, 0.6) is 5.75 Å². The Bertz CT molecular complexity index is 873. The van der Waals surface area contributed by atoms with Gasteiger partial charge in [-0.05, 0) is 43.3 Å². The van der Waals surface area contributed by atoms with Crippen molar-refractivity contribution in [3.05, 3.63) is 45.6 Å². The number of nitriles is 1. The monoisotopic (exact) mass is 403 g/mol. The number of hydrogen-bond acceptors (Lipinski definition) is 6. The number of halogens is 1. The minimum Gasteiger partial charge on any atom is -0.494 e. The average Bonchev–Trinajstić information content (AvgIpc) is 3.32. The largest absolute Gasteiger partial charge is 0.494 e. The number of anilines is 1. The molecule has 140 valence electrons. The summed E-state index contributed by atoms with van der Waals surface area (Å²) in [6, 6.07) is 12.9. The van der Waals surface area contributed by atoms with Crippen molar-refractivity contribution in [1.29, 1.82) is 5.26 Å². The maximum Gasteiger partial charge on any atom is 0.271 e. The van der Waals surface area contributed by atoms with E-state index in [0.29, 0.717) is 28.8 Å². The van der Waals surface area contributed by atoms with Gasteiger partial charge in [-0.2, -0.15) is 5.26 Å². The zero-order valence-electron chi connectivity index (χ0n) is 14.7. The van der Waals surface area contributed by atoms with Crippen LogP contribution >= 0.6 is 22.9 Å². The number of thiophene rings is 1. The van der Waals surface area contributed by atoms with Gasteiger partial charge in [-0.15, -0.1) is 11.3 Å². The molecular formula is C19H18ClN3O3S. The smallest absolute Gasteiger partial charge is 0.271 e. The van der Waals surface area contributed by atoms with Crippen LogP contribution in [0, 0.1) is 11.3 Å². The highest BCUT2D eigenvalue weighted by atomic mass is 35.5. The molecule has 6 nitrogen and oxygen atoms in total. The molecule has 0 radical (unpaired) electrons. The highest BCUT2D eigenvalue weighted by Gasteiger charge is 2.33. The molecule has 1 aromatic carbocycles. The van der Waals surface area contributed by atoms with E-state index in [4.69, 9.17) is 26.4 Å². The first-order valence-corrected chi connectivity index (χ1v) is 9.71. The molecule has 3 rings (SSSR count). The topological polar surface area (TPSA) is 74.9 Å². The molecule has 0 fully saturated rings. The number of hydrogen-bond donors (Lipinski definition) is 0. The van der Waals surface area contributed by atoms with Crippen LogP contribution in [0.15, 0.2) is 41.6 Å². The van der Waals surface area contributed by atoms with Crippen LogP contribution in [0.4, 0.5) is 5.69 Å². The Balaban J connectivity index is 1.73. The summed E-state index contributed by atoms with van der Waals surface area (Å²) in [4.78, 5) is 20.8. The number of carbonyl (C=O) groups excluding carboxylic acids is 1. The minimum atomic E-state index is -0.717. The summed E-state index contributed by atoms with van der Waals surface area (Å²) >= 11 is 7.36. The fraction of sp³-hybridized carbons (Fsp3) is 0.316. The van der Waals surface area contributed by atoms with Crippen molar-refractivity contribution in [2.45, 2.75) is 25.9 Å². The quantitative estimate of drug-likeness (QED) is 0.692. The number of nitrogens with zero attached hydrogens (tertiary/aromatic N) is 3. The maximum atomic E-state index is 13.0. The van der Waals surface area contributed by atoms with Crippen LogP contribution in [0.1, 0.15) is 24.6 Å². The molecule has 0 saturated carbocycles. The lowest BCUT2D eigenvalue weighted by Crippen LogP contribution is -2.40. The summed E-state index contributed by atoms with van der Waals surface area (Å²) in [5, 5.41) is 13.0. The number of benzene rings is 1. The number of rotatable bonds is 7. The van der Waals surface area contributed by atoms with Crippen molar-refractivity contribution in [3.8, 4) is 11.8 Å². The molecule has 1 unspecified atom stereocenters. The average molecular weight is 404 g/mol. The van der Waals surface area contributed by atoms with Crippen molar-refractivity contribution in [2.24, 2.45) is 5.16 Å². The Morgan fingerprint density at radius 2 is 2.19 bits per heavy atom. The first kappa shape index (κ1) is 19.2. The number of amides is 1. The summed E-state index contributed by atoms with van der Waals surface area (Å²) in [5.41, 5.74) is 1.40. The van der Waals surface area contributed by atoms with Crippen LogP contribution in [0.3, 0.4) is 0 Å². The third-order valence-electron chi connectivity index (χ3n) is 3.97. The lowest BCUT2D eigenvalue weighted by molar-refractivity contribution is -0.128. The van der Waals surface area contributed by atoms with Gasteiger partial charge >= 0.3 is 0 Å². The second kappa shape index (κ2) is 8.89. The third-order valence-corrected chi connectivity index (χ3v) is 5.25. The van der Waals surface area contributed by atoms with Crippen molar-refractivity contribution in [2.75, 3.05) is 18.1 Å². The molecule has 2 aromatic rings. The molecular weight excluding hydrogens is 386 g/mol. The first-order chi connectivity index (χ1) is 13.1. The van der Waals surface area contributed by atoms with Gasteiger partial charge in [0.25, 0.3) is 5.91 Å². The Morgan fingerprint density at radius 1 is 1.41 bits per heavy atom. The third kappa shape index (κ3) is 4.59. The molecule has 0 N–H and O–H groups in total. The molecule has 8 heteroatoms. The van der Waals surface area contributed by atoms with Crippen molar-refractivity contribution in [3.63, 3.8) is 0 Å². The molecule has 1 amide bonds. The SMILES string of the molecule is CCOc1ccc(N(CCC#N)C(=O)C2CC(c3ccc(Cl)s3)=NO2)cc1. The highest BCUT2D eigenvalue weighted by molar-refractivity contribution is 7.18. The molecule has 2 heterocycles. The minimum absolute atomic E-state index is 0.222. The van der Waals surface area contributed by atoms with E-state index in [0.717, 1.165) is 10.6 Å². The second-order valence-electron chi connectivity index (χ2n) is 5.76. The number of ether oxygens (including phenoxy) is 1. The van der Waals surface area contributed by atoms with Crippen LogP contribution in [-0.4, -0.2) is 30.9 Å². The molecule has 0 spiro atoms. The van der Waals surface area contributed by atoms with Gasteiger partial charge in [0.2, 0.25) is 6.10 Å². The highest BCUT2D eigenvalue weighted by Crippen LogP contribution is 2.28. The normalized spacial score (nSPS) is 15.6. The predicted octanol–water partition coefficient (Wildman–Crippen LogP) is 4.24. The van der Waals surface area contributed by atoms with E-state index in [1.165, 1.54) is 11.3 Å². The number of carbonyl (C=O) groups is 1. The van der Waals surface area contributed by atoms with E-state index in [1.54, 1.807) is 35.2 Å². The zero-order chi connectivity index (χ0) is 19.2. The standard InChI is InChI=1S/C19H18ClN3O3S/c1-2-25-14-6-4-13(5-7-14)23(11-3-10-21)19(24)16-12-15(22-26-16)17-8-9-18(20)27-17/h4-9,16H,2-3,11-12H2,1H3. The Labute approximate surface area is 166 Å². The van der Waals surface area contributed by atoms with E-state index in [1.807, 2.05) is 13.0 Å². The lowest BCUT2D eigenvalue weighted by atomic mass is 10.1. The van der Waals surface area contributed by atoms with Gasteiger partial charge in [0.1, 0.15) is 11.5 Å². The van der Waals surface area contributed by atoms with Crippen LogP contribution in [-0.2, 0) is 9.63 Å². The van der Waals surface area contributed by atoms with E-state index >= 15 is 0 Å². The van der Waals surface area contributed by atoms with Crippen molar-refractivity contribution >= 4 is 40.2 Å². The van der Waals surface area contributed by atoms with Crippen LogP contribution in [0.2, 0.25) is 4.34 Å². The lowest BCUT2D eigenvalue weighted by Gasteiger charge is -2.24. The Kier molecular flexibility index (Phi) is 6.32. The van der Waals surface area contributed by atoms with Gasteiger partial charge in [0.15, 0.2) is 0 Å². The van der Waals surface area contributed by atoms with E-state index in [9.17, 15) is 4.79 Å². The fourth-order valence-electron chi connectivity index (χ4n) is 2.72. The van der Waals surface area contributed by atoms with Gasteiger partial charge in [0, 0.05) is 18.7 Å². The number of oxime groups is 1. The molecule has 27 heavy (non-hydrogen) atoms. The van der Waals surface area contributed by atoms with E-state index in [2.05, 4.69) is 11.2 Å². The van der Waals surface area contributed by atoms with Gasteiger partial charge in [0.05, 0.1) is 28.3 Å². The molecule has 0 bridgehead atoms. The summed E-state index contributed by atoms with van der Waals surface area (Å²) < 4.78 is 6.10. The first-order valence-electron chi connectivity index (χ1n) is 8.52. The summed E-state index contributed by atoms with van der Waals surface area (Å²) in [6.07, 6.45) is -0.124. The second-order valence-corrected chi connectivity index (χ2v) is 7.48. The Hall–Kier alpha value is -2.56. The molecule has 1 aliphatic heterocycles. The molecule has 1 atom stereocenters. The van der Waals surface area contributed by atoms with Crippen LogP contribution < -0.4 is 9.64 Å². The van der Waals surface area contributed by atoms with E-state index < -0.39 is 6.10 Å². The van der Waals surface area contributed by atoms with Crippen LogP contribution in [0.25, 0.3) is 0 Å². The fourth-order valence-corrected chi connectivity index (χ4v) is 3.75. The van der Waals surface area contributed by atoms with Gasteiger partial charge < -0.3 is 14.5 Å². The van der Waals surface area contributed by atoms with Crippen molar-refractivity contribution < 1.29 is 14.4 Å². The molecule has 0 aliphatic carbocycles. The van der Waals surface area contributed by atoms with Gasteiger partial charge in [-0.25, -0.2) is 0 Å². The summed E-state index contributed by atoms with van der Waals surface area (Å²) in [5.74, 6) is 0.502. The zero-order valence-corrected chi connectivity index (χ0v) is 16.3. The van der Waals surface area contributed by atoms with Gasteiger partial charge in [-0.3, -0.25) is 4.79 Å². The Morgan fingerprint density at radius 3 is 2.81 bits per heavy atom.